The number of ether oxygens (including phenoxy) is 1. The first-order valence-corrected chi connectivity index (χ1v) is 7.25. The fraction of sp³-hybridized carbons (Fsp3) is 0.929. The molecule has 18 heavy (non-hydrogen) atoms. The Labute approximate surface area is 110 Å². The third kappa shape index (κ3) is 3.95. The molecule has 0 spiro atoms. The van der Waals surface area contributed by atoms with Crippen molar-refractivity contribution < 1.29 is 9.53 Å². The van der Waals surface area contributed by atoms with Gasteiger partial charge in [-0.05, 0) is 37.5 Å². The van der Waals surface area contributed by atoms with E-state index in [1.54, 1.807) is 0 Å². The first kappa shape index (κ1) is 13.8. The largest absolute Gasteiger partial charge is 0.379 e. The van der Waals surface area contributed by atoms with E-state index in [9.17, 15) is 4.79 Å². The normalized spacial score (nSPS) is 32.2. The van der Waals surface area contributed by atoms with Crippen LogP contribution in [0.4, 0.5) is 0 Å². The summed E-state index contributed by atoms with van der Waals surface area (Å²) in [4.78, 5) is 12.1. The second-order valence-electron chi connectivity index (χ2n) is 6.13. The summed E-state index contributed by atoms with van der Waals surface area (Å²) in [6, 6.07) is 0. The lowest BCUT2D eigenvalue weighted by molar-refractivity contribution is -0.128. The van der Waals surface area contributed by atoms with E-state index in [0.29, 0.717) is 19.1 Å². The van der Waals surface area contributed by atoms with E-state index in [1.165, 1.54) is 19.3 Å². The molecule has 2 aliphatic carbocycles. The average molecular weight is 254 g/mol. The zero-order valence-electron chi connectivity index (χ0n) is 11.4. The molecule has 2 unspecified atom stereocenters. The molecule has 4 nitrogen and oxygen atoms in total. The lowest BCUT2D eigenvalue weighted by Crippen LogP contribution is -2.56. The van der Waals surface area contributed by atoms with Gasteiger partial charge < -0.3 is 15.8 Å². The maximum Gasteiger partial charge on any atom is 0.240 e. The molecule has 2 fully saturated rings. The van der Waals surface area contributed by atoms with Gasteiger partial charge in [0.25, 0.3) is 0 Å². The molecule has 2 aliphatic rings. The summed E-state index contributed by atoms with van der Waals surface area (Å²) in [5.74, 6) is 1.34. The number of carbonyl (C=O) groups is 1. The third-order valence-electron chi connectivity index (χ3n) is 4.07. The lowest BCUT2D eigenvalue weighted by atomic mass is 9.76. The van der Waals surface area contributed by atoms with Crippen LogP contribution in [0.3, 0.4) is 0 Å². The Morgan fingerprint density at radius 1 is 1.44 bits per heavy atom. The van der Waals surface area contributed by atoms with Crippen LogP contribution in [-0.4, -0.2) is 31.2 Å². The Bertz CT molecular complexity index is 292. The molecule has 0 aromatic heterocycles. The average Bonchev–Trinajstić information content (AvgIpc) is 3.12. The predicted molar refractivity (Wildman–Crippen MR) is 71.1 cm³/mol. The molecule has 0 aliphatic heterocycles. The summed E-state index contributed by atoms with van der Waals surface area (Å²) in [5.41, 5.74) is 5.57. The fourth-order valence-electron chi connectivity index (χ4n) is 2.75. The van der Waals surface area contributed by atoms with Gasteiger partial charge in [0.2, 0.25) is 5.91 Å². The number of hydrogen-bond acceptors (Lipinski definition) is 3. The molecule has 0 saturated heterocycles. The molecule has 4 heteroatoms. The number of amides is 1. The van der Waals surface area contributed by atoms with Crippen molar-refractivity contribution in [2.75, 3.05) is 19.8 Å². The zero-order valence-corrected chi connectivity index (χ0v) is 11.4. The summed E-state index contributed by atoms with van der Waals surface area (Å²) in [7, 11) is 0. The molecular weight excluding hydrogens is 228 g/mol. The molecule has 1 amide bonds. The number of nitrogens with one attached hydrogen (secondary N) is 1. The van der Waals surface area contributed by atoms with Crippen LogP contribution in [-0.2, 0) is 9.53 Å². The lowest BCUT2D eigenvalue weighted by Gasteiger charge is -2.35. The van der Waals surface area contributed by atoms with E-state index in [1.807, 2.05) is 0 Å². The van der Waals surface area contributed by atoms with Crippen molar-refractivity contribution in [1.82, 2.24) is 5.32 Å². The van der Waals surface area contributed by atoms with E-state index < -0.39 is 5.54 Å². The quantitative estimate of drug-likeness (QED) is 0.705. The first-order chi connectivity index (χ1) is 8.60. The van der Waals surface area contributed by atoms with Crippen LogP contribution in [0, 0.1) is 11.8 Å². The van der Waals surface area contributed by atoms with Crippen LogP contribution in [0.25, 0.3) is 0 Å². The minimum Gasteiger partial charge on any atom is -0.379 e. The van der Waals surface area contributed by atoms with E-state index >= 15 is 0 Å². The van der Waals surface area contributed by atoms with Gasteiger partial charge in [-0.15, -0.1) is 0 Å². The topological polar surface area (TPSA) is 64.4 Å². The highest BCUT2D eigenvalue weighted by molar-refractivity contribution is 5.86. The number of rotatable bonds is 6. The van der Waals surface area contributed by atoms with Crippen molar-refractivity contribution >= 4 is 5.91 Å². The maximum absolute atomic E-state index is 12.1. The molecule has 104 valence electrons. The van der Waals surface area contributed by atoms with E-state index in [-0.39, 0.29) is 5.91 Å². The molecule has 0 bridgehead atoms. The Balaban J connectivity index is 1.62. The molecule has 3 N–H and O–H groups in total. The van der Waals surface area contributed by atoms with Gasteiger partial charge in [-0.25, -0.2) is 0 Å². The minimum absolute atomic E-state index is 0.00377. The van der Waals surface area contributed by atoms with Crippen molar-refractivity contribution in [1.29, 1.82) is 0 Å². The van der Waals surface area contributed by atoms with Crippen LogP contribution in [0.15, 0.2) is 0 Å². The van der Waals surface area contributed by atoms with E-state index in [0.717, 1.165) is 31.8 Å². The van der Waals surface area contributed by atoms with Crippen LogP contribution in [0.5, 0.6) is 0 Å². The Morgan fingerprint density at radius 3 is 2.89 bits per heavy atom. The van der Waals surface area contributed by atoms with Gasteiger partial charge in [-0.1, -0.05) is 19.8 Å². The fourth-order valence-corrected chi connectivity index (χ4v) is 2.75. The molecule has 2 rings (SSSR count). The molecule has 0 aromatic rings. The third-order valence-corrected chi connectivity index (χ3v) is 4.07. The molecular formula is C14H26N2O2. The summed E-state index contributed by atoms with van der Waals surface area (Å²) < 4.78 is 5.49. The highest BCUT2D eigenvalue weighted by Crippen LogP contribution is 2.30. The van der Waals surface area contributed by atoms with Gasteiger partial charge >= 0.3 is 0 Å². The predicted octanol–water partition coefficient (Wildman–Crippen LogP) is 1.44. The van der Waals surface area contributed by atoms with Gasteiger partial charge in [-0.2, -0.15) is 0 Å². The molecule has 2 atom stereocenters. The number of nitrogens with two attached hydrogens (primary N) is 1. The zero-order chi connectivity index (χ0) is 13.0. The van der Waals surface area contributed by atoms with Gasteiger partial charge in [-0.3, -0.25) is 4.79 Å². The van der Waals surface area contributed by atoms with Crippen molar-refractivity contribution in [2.24, 2.45) is 17.6 Å². The smallest absolute Gasteiger partial charge is 0.240 e. The van der Waals surface area contributed by atoms with Crippen molar-refractivity contribution in [3.63, 3.8) is 0 Å². The highest BCUT2D eigenvalue weighted by Gasteiger charge is 2.37. The standard InChI is InChI=1S/C14H26N2O2/c1-11-3-2-6-14(15,9-11)13(17)16-7-8-18-10-12-4-5-12/h11-12H,2-10,15H2,1H3,(H,16,17). The van der Waals surface area contributed by atoms with Crippen molar-refractivity contribution in [2.45, 2.75) is 51.0 Å². The molecule has 0 radical (unpaired) electrons. The highest BCUT2D eigenvalue weighted by atomic mass is 16.5. The van der Waals surface area contributed by atoms with Crippen molar-refractivity contribution in [3.8, 4) is 0 Å². The Kier molecular flexibility index (Phi) is 4.62. The minimum atomic E-state index is -0.645. The van der Waals surface area contributed by atoms with Crippen LogP contribution >= 0.6 is 0 Å². The van der Waals surface area contributed by atoms with Crippen LogP contribution < -0.4 is 11.1 Å². The summed E-state index contributed by atoms with van der Waals surface area (Å²) in [5, 5.41) is 2.92. The maximum atomic E-state index is 12.1. The monoisotopic (exact) mass is 254 g/mol. The van der Waals surface area contributed by atoms with Gasteiger partial charge in [0, 0.05) is 13.2 Å². The van der Waals surface area contributed by atoms with Crippen molar-refractivity contribution in [3.05, 3.63) is 0 Å². The van der Waals surface area contributed by atoms with Gasteiger partial charge in [0.1, 0.15) is 0 Å². The molecule has 0 heterocycles. The number of hydrogen-bond donors (Lipinski definition) is 2. The first-order valence-electron chi connectivity index (χ1n) is 7.25. The summed E-state index contributed by atoms with van der Waals surface area (Å²) >= 11 is 0. The molecule has 0 aromatic carbocycles. The SMILES string of the molecule is CC1CCCC(N)(C(=O)NCCOCC2CC2)C1. The van der Waals surface area contributed by atoms with E-state index in [2.05, 4.69) is 12.2 Å². The Morgan fingerprint density at radius 2 is 2.22 bits per heavy atom. The van der Waals surface area contributed by atoms with Crippen LogP contribution in [0.1, 0.15) is 45.4 Å². The number of carbonyl (C=O) groups excluding carboxylic acids is 1. The summed E-state index contributed by atoms with van der Waals surface area (Å²) in [6.07, 6.45) is 6.47. The van der Waals surface area contributed by atoms with E-state index in [4.69, 9.17) is 10.5 Å². The second kappa shape index (κ2) is 6.02. The van der Waals surface area contributed by atoms with Gasteiger partial charge in [0.05, 0.1) is 12.1 Å². The second-order valence-corrected chi connectivity index (χ2v) is 6.13. The van der Waals surface area contributed by atoms with Crippen LogP contribution in [0.2, 0.25) is 0 Å². The Hall–Kier alpha value is -0.610. The summed E-state index contributed by atoms with van der Waals surface area (Å²) in [6.45, 7) is 4.21. The molecule has 2 saturated carbocycles. The van der Waals surface area contributed by atoms with Gasteiger partial charge in [0.15, 0.2) is 0 Å².